The fourth-order valence-corrected chi connectivity index (χ4v) is 2.76. The van der Waals surface area contributed by atoms with Crippen LogP contribution in [0.15, 0.2) is 23.1 Å². The second kappa shape index (κ2) is 5.70. The lowest BCUT2D eigenvalue weighted by atomic mass is 9.94. The summed E-state index contributed by atoms with van der Waals surface area (Å²) in [5.41, 5.74) is -0.783. The summed E-state index contributed by atoms with van der Waals surface area (Å²) in [4.78, 5) is 11.7. The van der Waals surface area contributed by atoms with Crippen molar-refractivity contribution in [3.05, 3.63) is 29.6 Å². The molecule has 1 unspecified atom stereocenters. The van der Waals surface area contributed by atoms with Crippen LogP contribution in [0.3, 0.4) is 0 Å². The lowest BCUT2D eigenvalue weighted by molar-refractivity contribution is 0.0271. The smallest absolute Gasteiger partial charge is 0.254 e. The van der Waals surface area contributed by atoms with Crippen molar-refractivity contribution >= 4 is 15.9 Å². The molecule has 21 heavy (non-hydrogen) atoms. The summed E-state index contributed by atoms with van der Waals surface area (Å²) in [5, 5.41) is 7.64. The van der Waals surface area contributed by atoms with E-state index in [4.69, 9.17) is 9.88 Å². The van der Waals surface area contributed by atoms with Gasteiger partial charge in [0, 0.05) is 6.61 Å². The predicted octanol–water partition coefficient (Wildman–Crippen LogP) is 0.772. The highest BCUT2D eigenvalue weighted by Crippen LogP contribution is 2.20. The van der Waals surface area contributed by atoms with Crippen molar-refractivity contribution in [2.75, 3.05) is 13.2 Å². The summed E-state index contributed by atoms with van der Waals surface area (Å²) in [7, 11) is -4.00. The highest BCUT2D eigenvalue weighted by molar-refractivity contribution is 7.89. The third-order valence-corrected chi connectivity index (χ3v) is 4.28. The number of nitrogens with one attached hydrogen (secondary N) is 1. The summed E-state index contributed by atoms with van der Waals surface area (Å²) < 4.78 is 41.5. The molecule has 0 bridgehead atoms. The SMILES string of the molecule is CC1(NC(=O)c2ccc(S(N)(=O)=O)cc2F)CCCOC1. The van der Waals surface area contributed by atoms with Gasteiger partial charge in [-0.2, -0.15) is 0 Å². The molecule has 0 saturated carbocycles. The number of hydrogen-bond acceptors (Lipinski definition) is 4. The van der Waals surface area contributed by atoms with Gasteiger partial charge in [-0.15, -0.1) is 0 Å². The zero-order valence-electron chi connectivity index (χ0n) is 11.6. The molecular weight excluding hydrogens is 299 g/mol. The highest BCUT2D eigenvalue weighted by atomic mass is 32.2. The highest BCUT2D eigenvalue weighted by Gasteiger charge is 2.30. The number of ether oxygens (including phenoxy) is 1. The average Bonchev–Trinajstić information content (AvgIpc) is 2.37. The summed E-state index contributed by atoms with van der Waals surface area (Å²) in [6.45, 7) is 2.82. The van der Waals surface area contributed by atoms with E-state index in [2.05, 4.69) is 5.32 Å². The molecule has 1 fully saturated rings. The standard InChI is InChI=1S/C13H17FN2O4S/c1-13(5-2-6-20-8-13)16-12(17)10-4-3-9(7-11(10)14)21(15,18)19/h3-4,7H,2,5-6,8H2,1H3,(H,16,17)(H2,15,18,19). The Morgan fingerprint density at radius 1 is 1.48 bits per heavy atom. The molecule has 1 aromatic carbocycles. The van der Waals surface area contributed by atoms with Crippen LogP contribution >= 0.6 is 0 Å². The largest absolute Gasteiger partial charge is 0.379 e. The van der Waals surface area contributed by atoms with Crippen LogP contribution in [0, 0.1) is 5.82 Å². The summed E-state index contributed by atoms with van der Waals surface area (Å²) in [6.07, 6.45) is 1.54. The second-order valence-corrected chi connectivity index (χ2v) is 6.92. The minimum absolute atomic E-state index is 0.228. The Labute approximate surface area is 122 Å². The van der Waals surface area contributed by atoms with Crippen LogP contribution in [-0.2, 0) is 14.8 Å². The first-order valence-electron chi connectivity index (χ1n) is 6.44. The Morgan fingerprint density at radius 3 is 2.71 bits per heavy atom. The van der Waals surface area contributed by atoms with Gasteiger partial charge in [-0.25, -0.2) is 17.9 Å². The normalized spacial score (nSPS) is 22.8. The molecule has 0 aromatic heterocycles. The topological polar surface area (TPSA) is 98.5 Å². The van der Waals surface area contributed by atoms with E-state index in [0.717, 1.165) is 31.0 Å². The van der Waals surface area contributed by atoms with Crippen LogP contribution in [0.5, 0.6) is 0 Å². The Hall–Kier alpha value is -1.51. The van der Waals surface area contributed by atoms with E-state index < -0.39 is 27.3 Å². The molecule has 1 aliphatic heterocycles. The second-order valence-electron chi connectivity index (χ2n) is 5.36. The molecule has 0 radical (unpaired) electrons. The summed E-state index contributed by atoms with van der Waals surface area (Å²) in [6, 6.07) is 2.95. The van der Waals surface area contributed by atoms with Crippen molar-refractivity contribution in [2.45, 2.75) is 30.2 Å². The molecular formula is C13H17FN2O4S. The summed E-state index contributed by atoms with van der Waals surface area (Å²) >= 11 is 0. The Morgan fingerprint density at radius 2 is 2.19 bits per heavy atom. The number of hydrogen-bond donors (Lipinski definition) is 2. The molecule has 3 N–H and O–H groups in total. The van der Waals surface area contributed by atoms with Gasteiger partial charge in [0.15, 0.2) is 0 Å². The predicted molar refractivity (Wildman–Crippen MR) is 73.7 cm³/mol. The maximum absolute atomic E-state index is 13.9. The van der Waals surface area contributed by atoms with Crippen LogP contribution in [0.1, 0.15) is 30.1 Å². The molecule has 2 rings (SSSR count). The van der Waals surface area contributed by atoms with E-state index in [-0.39, 0.29) is 10.5 Å². The van der Waals surface area contributed by atoms with Crippen LogP contribution in [-0.4, -0.2) is 33.1 Å². The zero-order chi connectivity index (χ0) is 15.7. The first kappa shape index (κ1) is 15.9. The van der Waals surface area contributed by atoms with E-state index in [9.17, 15) is 17.6 Å². The van der Waals surface area contributed by atoms with Crippen molar-refractivity contribution in [1.29, 1.82) is 0 Å². The molecule has 1 amide bonds. The van der Waals surface area contributed by atoms with Crippen LogP contribution in [0.2, 0.25) is 0 Å². The van der Waals surface area contributed by atoms with E-state index in [1.54, 1.807) is 0 Å². The van der Waals surface area contributed by atoms with Gasteiger partial charge in [0.2, 0.25) is 10.0 Å². The number of carbonyl (C=O) groups excluding carboxylic acids is 1. The van der Waals surface area contributed by atoms with Gasteiger partial charge in [0.1, 0.15) is 5.82 Å². The van der Waals surface area contributed by atoms with E-state index in [1.807, 2.05) is 6.92 Å². The Bertz CT molecular complexity index is 654. The Kier molecular flexibility index (Phi) is 4.31. The van der Waals surface area contributed by atoms with Gasteiger partial charge >= 0.3 is 0 Å². The molecule has 1 aromatic rings. The van der Waals surface area contributed by atoms with Crippen LogP contribution in [0.4, 0.5) is 4.39 Å². The van der Waals surface area contributed by atoms with Gasteiger partial charge in [0.25, 0.3) is 5.91 Å². The van der Waals surface area contributed by atoms with Gasteiger partial charge in [0.05, 0.1) is 22.6 Å². The molecule has 0 spiro atoms. The number of nitrogens with two attached hydrogens (primary N) is 1. The van der Waals surface area contributed by atoms with E-state index in [1.165, 1.54) is 0 Å². The number of primary sulfonamides is 1. The fourth-order valence-electron chi connectivity index (χ4n) is 2.23. The zero-order valence-corrected chi connectivity index (χ0v) is 12.4. The van der Waals surface area contributed by atoms with Gasteiger partial charge in [-0.3, -0.25) is 4.79 Å². The van der Waals surface area contributed by atoms with Crippen LogP contribution in [0.25, 0.3) is 0 Å². The lowest BCUT2D eigenvalue weighted by Gasteiger charge is -2.34. The molecule has 1 heterocycles. The van der Waals surface area contributed by atoms with Gasteiger partial charge < -0.3 is 10.1 Å². The minimum Gasteiger partial charge on any atom is -0.379 e. The first-order chi connectivity index (χ1) is 9.71. The van der Waals surface area contributed by atoms with Crippen molar-refractivity contribution in [3.63, 3.8) is 0 Å². The first-order valence-corrected chi connectivity index (χ1v) is 7.99. The van der Waals surface area contributed by atoms with Crippen LogP contribution < -0.4 is 10.5 Å². The fraction of sp³-hybridized carbons (Fsp3) is 0.462. The molecule has 0 aliphatic carbocycles. The molecule has 1 saturated heterocycles. The number of benzene rings is 1. The quantitative estimate of drug-likeness (QED) is 0.860. The van der Waals surface area contributed by atoms with Crippen molar-refractivity contribution < 1.29 is 22.3 Å². The Balaban J connectivity index is 2.20. The lowest BCUT2D eigenvalue weighted by Crippen LogP contribution is -2.51. The third-order valence-electron chi connectivity index (χ3n) is 3.37. The maximum atomic E-state index is 13.9. The molecule has 116 valence electrons. The maximum Gasteiger partial charge on any atom is 0.254 e. The molecule has 8 heteroatoms. The number of carbonyl (C=O) groups is 1. The average molecular weight is 316 g/mol. The number of halogens is 1. The van der Waals surface area contributed by atoms with Crippen molar-refractivity contribution in [3.8, 4) is 0 Å². The van der Waals surface area contributed by atoms with E-state index >= 15 is 0 Å². The summed E-state index contributed by atoms with van der Waals surface area (Å²) in [5.74, 6) is -1.54. The van der Waals surface area contributed by atoms with E-state index in [0.29, 0.717) is 13.2 Å². The van der Waals surface area contributed by atoms with Gasteiger partial charge in [-0.05, 0) is 38.0 Å². The number of sulfonamides is 1. The minimum atomic E-state index is -4.00. The van der Waals surface area contributed by atoms with Crippen molar-refractivity contribution in [1.82, 2.24) is 5.32 Å². The monoisotopic (exact) mass is 316 g/mol. The third kappa shape index (κ3) is 3.78. The molecule has 1 atom stereocenters. The number of rotatable bonds is 3. The van der Waals surface area contributed by atoms with Gasteiger partial charge in [-0.1, -0.05) is 0 Å². The molecule has 1 aliphatic rings. The molecule has 6 nitrogen and oxygen atoms in total. The van der Waals surface area contributed by atoms with Crippen molar-refractivity contribution in [2.24, 2.45) is 5.14 Å². The number of amides is 1.